The van der Waals surface area contributed by atoms with Crippen molar-refractivity contribution in [2.75, 3.05) is 6.54 Å². The molecule has 0 radical (unpaired) electrons. The monoisotopic (exact) mass is 301 g/mol. The summed E-state index contributed by atoms with van der Waals surface area (Å²) in [6, 6.07) is 5.13. The van der Waals surface area contributed by atoms with Crippen molar-refractivity contribution in [3.8, 4) is 0 Å². The van der Waals surface area contributed by atoms with E-state index in [9.17, 15) is 18.3 Å². The lowest BCUT2D eigenvalue weighted by molar-refractivity contribution is -0.137. The zero-order valence-electron chi connectivity index (χ0n) is 12.2. The molecule has 0 aliphatic heterocycles. The van der Waals surface area contributed by atoms with Crippen molar-refractivity contribution in [2.45, 2.75) is 50.9 Å². The summed E-state index contributed by atoms with van der Waals surface area (Å²) >= 11 is 0. The lowest BCUT2D eigenvalue weighted by Gasteiger charge is -2.35. The molecule has 2 atom stereocenters. The summed E-state index contributed by atoms with van der Waals surface area (Å²) in [4.78, 5) is 0. The molecule has 0 aromatic heterocycles. The van der Waals surface area contributed by atoms with E-state index < -0.39 is 17.3 Å². The second-order valence-electron chi connectivity index (χ2n) is 6.22. The third-order valence-corrected chi connectivity index (χ3v) is 4.13. The van der Waals surface area contributed by atoms with Gasteiger partial charge >= 0.3 is 6.18 Å². The summed E-state index contributed by atoms with van der Waals surface area (Å²) in [6.45, 7) is 3.09. The highest BCUT2D eigenvalue weighted by Crippen LogP contribution is 2.32. The van der Waals surface area contributed by atoms with Gasteiger partial charge in [-0.05, 0) is 36.5 Å². The maximum absolute atomic E-state index is 12.5. The van der Waals surface area contributed by atoms with Crippen molar-refractivity contribution in [2.24, 2.45) is 5.92 Å². The van der Waals surface area contributed by atoms with Crippen molar-refractivity contribution < 1.29 is 18.3 Å². The van der Waals surface area contributed by atoms with Crippen molar-refractivity contribution in [1.29, 1.82) is 0 Å². The van der Waals surface area contributed by atoms with E-state index in [1.807, 2.05) is 0 Å². The first-order valence-electron chi connectivity index (χ1n) is 7.38. The number of hydrogen-bond acceptors (Lipinski definition) is 2. The predicted octanol–water partition coefficient (Wildman–Crippen LogP) is 3.74. The van der Waals surface area contributed by atoms with E-state index in [1.165, 1.54) is 12.1 Å². The van der Waals surface area contributed by atoms with Gasteiger partial charge in [0.2, 0.25) is 0 Å². The first kappa shape index (κ1) is 16.3. The molecule has 0 amide bonds. The van der Waals surface area contributed by atoms with E-state index in [2.05, 4.69) is 12.2 Å². The van der Waals surface area contributed by atoms with Gasteiger partial charge in [-0.25, -0.2) is 0 Å². The summed E-state index contributed by atoms with van der Waals surface area (Å²) in [5.41, 5.74) is -0.523. The zero-order chi connectivity index (χ0) is 15.5. The summed E-state index contributed by atoms with van der Waals surface area (Å²) in [5, 5.41) is 13.6. The maximum Gasteiger partial charge on any atom is 0.416 e. The van der Waals surface area contributed by atoms with Crippen molar-refractivity contribution in [3.63, 3.8) is 0 Å². The maximum atomic E-state index is 12.5. The fourth-order valence-electron chi connectivity index (χ4n) is 3.04. The van der Waals surface area contributed by atoms with E-state index in [4.69, 9.17) is 0 Å². The number of alkyl halides is 3. The van der Waals surface area contributed by atoms with Gasteiger partial charge in [-0.2, -0.15) is 13.2 Å². The summed E-state index contributed by atoms with van der Waals surface area (Å²) in [6.07, 6.45) is -0.537. The van der Waals surface area contributed by atoms with E-state index in [1.54, 1.807) is 0 Å². The van der Waals surface area contributed by atoms with Crippen LogP contribution in [0, 0.1) is 5.92 Å². The molecule has 0 saturated heterocycles. The van der Waals surface area contributed by atoms with Crippen LogP contribution in [0.25, 0.3) is 0 Å². The Balaban J connectivity index is 1.83. The molecule has 1 aliphatic rings. The zero-order valence-corrected chi connectivity index (χ0v) is 12.2. The Labute approximate surface area is 123 Å². The summed E-state index contributed by atoms with van der Waals surface area (Å²) < 4.78 is 37.4. The molecule has 1 aromatic carbocycles. The molecule has 2 N–H and O–H groups in total. The Kier molecular flexibility index (Phi) is 4.94. The van der Waals surface area contributed by atoms with E-state index >= 15 is 0 Å². The normalized spacial score (nSPS) is 26.8. The number of aliphatic hydroxyl groups is 1. The molecular weight excluding hydrogens is 279 g/mol. The lowest BCUT2D eigenvalue weighted by Crippen LogP contribution is -2.43. The highest BCUT2D eigenvalue weighted by molar-refractivity contribution is 5.24. The fraction of sp³-hybridized carbons (Fsp3) is 0.625. The minimum Gasteiger partial charge on any atom is -0.389 e. The minimum absolute atomic E-state index is 0.467. The van der Waals surface area contributed by atoms with Crippen LogP contribution in [0.1, 0.15) is 43.7 Å². The molecule has 21 heavy (non-hydrogen) atoms. The molecule has 118 valence electrons. The van der Waals surface area contributed by atoms with E-state index in [0.717, 1.165) is 43.4 Å². The average molecular weight is 301 g/mol. The quantitative estimate of drug-likeness (QED) is 0.888. The minimum atomic E-state index is -4.29. The van der Waals surface area contributed by atoms with Gasteiger partial charge in [0.05, 0.1) is 11.2 Å². The van der Waals surface area contributed by atoms with Crippen LogP contribution in [0.4, 0.5) is 13.2 Å². The van der Waals surface area contributed by atoms with Gasteiger partial charge in [-0.15, -0.1) is 0 Å². The first-order valence-corrected chi connectivity index (χ1v) is 7.38. The molecule has 1 fully saturated rings. The second-order valence-corrected chi connectivity index (χ2v) is 6.22. The van der Waals surface area contributed by atoms with Crippen LogP contribution in [-0.2, 0) is 12.7 Å². The molecule has 1 aliphatic carbocycles. The number of hydrogen-bond donors (Lipinski definition) is 2. The Morgan fingerprint density at radius 2 is 1.95 bits per heavy atom. The molecule has 5 heteroatoms. The highest BCUT2D eigenvalue weighted by atomic mass is 19.4. The van der Waals surface area contributed by atoms with Gasteiger partial charge in [0, 0.05) is 13.1 Å². The Hall–Kier alpha value is -1.07. The van der Waals surface area contributed by atoms with Gasteiger partial charge in [0.15, 0.2) is 0 Å². The van der Waals surface area contributed by atoms with Gasteiger partial charge in [-0.1, -0.05) is 31.9 Å². The number of halogens is 3. The SMILES string of the molecule is CC1CCCC(O)(CNCc2ccc(C(F)(F)F)cc2)C1. The van der Waals surface area contributed by atoms with Crippen molar-refractivity contribution >= 4 is 0 Å². The molecule has 2 unspecified atom stereocenters. The number of benzene rings is 1. The van der Waals surface area contributed by atoms with Crippen LogP contribution in [0.15, 0.2) is 24.3 Å². The topological polar surface area (TPSA) is 32.3 Å². The molecule has 0 spiro atoms. The highest BCUT2D eigenvalue weighted by Gasteiger charge is 2.32. The van der Waals surface area contributed by atoms with E-state index in [0.29, 0.717) is 19.0 Å². The standard InChI is InChI=1S/C16H22F3NO/c1-12-3-2-8-15(21,9-12)11-20-10-13-4-6-14(7-5-13)16(17,18)19/h4-7,12,20-21H,2-3,8-11H2,1H3. The number of nitrogens with one attached hydrogen (secondary N) is 1. The summed E-state index contributed by atoms with van der Waals surface area (Å²) in [5.74, 6) is 0.525. The van der Waals surface area contributed by atoms with Gasteiger partial charge in [0.25, 0.3) is 0 Å². The van der Waals surface area contributed by atoms with Crippen LogP contribution in [0.3, 0.4) is 0 Å². The van der Waals surface area contributed by atoms with Crippen LogP contribution < -0.4 is 5.32 Å². The Bertz CT molecular complexity index is 458. The van der Waals surface area contributed by atoms with Crippen LogP contribution in [-0.4, -0.2) is 17.3 Å². The third-order valence-electron chi connectivity index (χ3n) is 4.13. The Morgan fingerprint density at radius 3 is 2.52 bits per heavy atom. The van der Waals surface area contributed by atoms with Crippen molar-refractivity contribution in [1.82, 2.24) is 5.32 Å². The molecule has 0 heterocycles. The number of rotatable bonds is 4. The second kappa shape index (κ2) is 6.36. The Morgan fingerprint density at radius 1 is 1.29 bits per heavy atom. The fourth-order valence-corrected chi connectivity index (χ4v) is 3.04. The molecule has 2 rings (SSSR count). The van der Waals surface area contributed by atoms with Crippen LogP contribution in [0.2, 0.25) is 0 Å². The average Bonchev–Trinajstić information content (AvgIpc) is 2.37. The largest absolute Gasteiger partial charge is 0.416 e. The third kappa shape index (κ3) is 4.71. The first-order chi connectivity index (χ1) is 9.78. The lowest BCUT2D eigenvalue weighted by atomic mass is 9.79. The molecule has 2 nitrogen and oxygen atoms in total. The smallest absolute Gasteiger partial charge is 0.389 e. The molecule has 1 saturated carbocycles. The predicted molar refractivity (Wildman–Crippen MR) is 75.7 cm³/mol. The summed E-state index contributed by atoms with van der Waals surface area (Å²) in [7, 11) is 0. The van der Waals surface area contributed by atoms with Crippen LogP contribution in [0.5, 0.6) is 0 Å². The molecule has 1 aromatic rings. The van der Waals surface area contributed by atoms with Crippen LogP contribution >= 0.6 is 0 Å². The van der Waals surface area contributed by atoms with Gasteiger partial charge in [0.1, 0.15) is 0 Å². The van der Waals surface area contributed by atoms with E-state index in [-0.39, 0.29) is 0 Å². The van der Waals surface area contributed by atoms with Gasteiger partial charge in [-0.3, -0.25) is 0 Å². The van der Waals surface area contributed by atoms with Crippen molar-refractivity contribution in [3.05, 3.63) is 35.4 Å². The van der Waals surface area contributed by atoms with Gasteiger partial charge < -0.3 is 10.4 Å². The molecule has 0 bridgehead atoms. The molecular formula is C16H22F3NO.